The van der Waals surface area contributed by atoms with Crippen molar-refractivity contribution in [3.8, 4) is 0 Å². The number of hydrogen-bond donors (Lipinski definition) is 1. The number of likely N-dealkylation sites (N-methyl/N-ethyl adjacent to an activating group) is 2. The summed E-state index contributed by atoms with van der Waals surface area (Å²) < 4.78 is 0. The molecule has 0 unspecified atom stereocenters. The number of aryl methyl sites for hydroxylation is 1. The van der Waals surface area contributed by atoms with Gasteiger partial charge >= 0.3 is 0 Å². The SMILES string of the molecule is Cc1ccc(N)cc1C(=O)N(C)CCN(C)c1ccccc1. The fourth-order valence-corrected chi connectivity index (χ4v) is 2.29. The Hall–Kier alpha value is -2.49. The molecule has 2 aromatic carbocycles. The molecule has 1 amide bonds. The third-order valence-electron chi connectivity index (χ3n) is 3.81. The summed E-state index contributed by atoms with van der Waals surface area (Å²) in [4.78, 5) is 16.4. The van der Waals surface area contributed by atoms with Crippen molar-refractivity contribution in [1.82, 2.24) is 4.90 Å². The highest BCUT2D eigenvalue weighted by Gasteiger charge is 2.14. The van der Waals surface area contributed by atoms with E-state index < -0.39 is 0 Å². The standard InChI is InChI=1S/C18H23N3O/c1-14-9-10-15(19)13-17(14)18(22)21(3)12-11-20(2)16-7-5-4-6-8-16/h4-10,13H,11-12,19H2,1-3H3. The van der Waals surface area contributed by atoms with Crippen LogP contribution >= 0.6 is 0 Å². The van der Waals surface area contributed by atoms with Crippen LogP contribution < -0.4 is 10.6 Å². The van der Waals surface area contributed by atoms with Gasteiger partial charge in [0.2, 0.25) is 0 Å². The van der Waals surface area contributed by atoms with Gasteiger partial charge in [0, 0.05) is 44.1 Å². The van der Waals surface area contributed by atoms with Crippen LogP contribution in [0.25, 0.3) is 0 Å². The molecule has 22 heavy (non-hydrogen) atoms. The number of carbonyl (C=O) groups is 1. The van der Waals surface area contributed by atoms with Gasteiger partial charge in [0.05, 0.1) is 0 Å². The van der Waals surface area contributed by atoms with Crippen LogP contribution in [-0.2, 0) is 0 Å². The summed E-state index contributed by atoms with van der Waals surface area (Å²) in [5, 5.41) is 0. The van der Waals surface area contributed by atoms with Crippen LogP contribution in [-0.4, -0.2) is 38.0 Å². The molecular formula is C18H23N3O. The molecule has 0 aliphatic rings. The van der Waals surface area contributed by atoms with Crippen molar-refractivity contribution in [3.05, 3.63) is 59.7 Å². The summed E-state index contributed by atoms with van der Waals surface area (Å²) in [6.45, 7) is 3.35. The van der Waals surface area contributed by atoms with Crippen molar-refractivity contribution in [3.63, 3.8) is 0 Å². The largest absolute Gasteiger partial charge is 0.399 e. The number of nitrogens with zero attached hydrogens (tertiary/aromatic N) is 2. The Morgan fingerprint density at radius 2 is 1.73 bits per heavy atom. The maximum absolute atomic E-state index is 12.5. The molecule has 0 aromatic heterocycles. The van der Waals surface area contributed by atoms with Gasteiger partial charge in [-0.15, -0.1) is 0 Å². The molecule has 4 nitrogen and oxygen atoms in total. The molecule has 0 fully saturated rings. The highest BCUT2D eigenvalue weighted by Crippen LogP contribution is 2.15. The van der Waals surface area contributed by atoms with Gasteiger partial charge in [-0.25, -0.2) is 0 Å². The molecule has 2 N–H and O–H groups in total. The number of anilines is 2. The van der Waals surface area contributed by atoms with Gasteiger partial charge in [0.15, 0.2) is 0 Å². The minimum Gasteiger partial charge on any atom is -0.399 e. The zero-order chi connectivity index (χ0) is 16.1. The van der Waals surface area contributed by atoms with Crippen LogP contribution in [0.2, 0.25) is 0 Å². The number of benzene rings is 2. The molecule has 0 radical (unpaired) electrons. The molecule has 0 saturated carbocycles. The van der Waals surface area contributed by atoms with Gasteiger partial charge in [0.25, 0.3) is 5.91 Å². The first-order chi connectivity index (χ1) is 10.5. The predicted octanol–water partition coefficient (Wildman–Crippen LogP) is 2.79. The Kier molecular flexibility index (Phi) is 5.04. The minimum atomic E-state index is 0.00580. The molecule has 0 saturated heterocycles. The first kappa shape index (κ1) is 15.9. The van der Waals surface area contributed by atoms with Crippen molar-refractivity contribution in [2.45, 2.75) is 6.92 Å². The number of carbonyl (C=O) groups excluding carboxylic acids is 1. The maximum Gasteiger partial charge on any atom is 0.254 e. The van der Waals surface area contributed by atoms with Crippen molar-refractivity contribution < 1.29 is 4.79 Å². The summed E-state index contributed by atoms with van der Waals surface area (Å²) >= 11 is 0. The fourth-order valence-electron chi connectivity index (χ4n) is 2.29. The van der Waals surface area contributed by atoms with E-state index in [2.05, 4.69) is 17.0 Å². The Bertz CT molecular complexity index is 640. The molecule has 0 heterocycles. The van der Waals surface area contributed by atoms with E-state index in [1.54, 1.807) is 11.0 Å². The summed E-state index contributed by atoms with van der Waals surface area (Å²) in [5.41, 5.74) is 9.16. The number of amides is 1. The van der Waals surface area contributed by atoms with Crippen molar-refractivity contribution in [1.29, 1.82) is 0 Å². The van der Waals surface area contributed by atoms with Gasteiger partial charge in [0.1, 0.15) is 0 Å². The van der Waals surface area contributed by atoms with Crippen LogP contribution in [0.4, 0.5) is 11.4 Å². The molecule has 0 bridgehead atoms. The predicted molar refractivity (Wildman–Crippen MR) is 92.3 cm³/mol. The van der Waals surface area contributed by atoms with Crippen LogP contribution in [0.5, 0.6) is 0 Å². The van der Waals surface area contributed by atoms with Crippen molar-refractivity contribution in [2.24, 2.45) is 0 Å². The lowest BCUT2D eigenvalue weighted by Crippen LogP contribution is -2.35. The second-order valence-electron chi connectivity index (χ2n) is 5.56. The Morgan fingerprint density at radius 3 is 2.41 bits per heavy atom. The van der Waals surface area contributed by atoms with Crippen LogP contribution in [0.15, 0.2) is 48.5 Å². The lowest BCUT2D eigenvalue weighted by Gasteiger charge is -2.24. The molecule has 0 aliphatic heterocycles. The second kappa shape index (κ2) is 6.98. The van der Waals surface area contributed by atoms with Crippen molar-refractivity contribution >= 4 is 17.3 Å². The average molecular weight is 297 g/mol. The van der Waals surface area contributed by atoms with Gasteiger partial charge < -0.3 is 15.5 Å². The van der Waals surface area contributed by atoms with E-state index in [0.29, 0.717) is 17.8 Å². The fraction of sp³-hybridized carbons (Fsp3) is 0.278. The van der Waals surface area contributed by atoms with E-state index >= 15 is 0 Å². The maximum atomic E-state index is 12.5. The molecule has 0 aliphatic carbocycles. The lowest BCUT2D eigenvalue weighted by atomic mass is 10.1. The van der Waals surface area contributed by atoms with Gasteiger partial charge in [-0.1, -0.05) is 24.3 Å². The monoisotopic (exact) mass is 297 g/mol. The Balaban J connectivity index is 1.98. The normalized spacial score (nSPS) is 10.3. The molecular weight excluding hydrogens is 274 g/mol. The van der Waals surface area contributed by atoms with Crippen molar-refractivity contribution in [2.75, 3.05) is 37.8 Å². The van der Waals surface area contributed by atoms with Crippen LogP contribution in [0, 0.1) is 6.92 Å². The summed E-state index contributed by atoms with van der Waals surface area (Å²) in [5.74, 6) is 0.00580. The second-order valence-corrected chi connectivity index (χ2v) is 5.56. The van der Waals surface area contributed by atoms with Gasteiger partial charge in [-0.05, 0) is 36.8 Å². The number of hydrogen-bond acceptors (Lipinski definition) is 3. The Morgan fingerprint density at radius 1 is 1.05 bits per heavy atom. The zero-order valence-electron chi connectivity index (χ0n) is 13.4. The smallest absolute Gasteiger partial charge is 0.254 e. The summed E-state index contributed by atoms with van der Waals surface area (Å²) in [6.07, 6.45) is 0. The van der Waals surface area contributed by atoms with Crippen LogP contribution in [0.3, 0.4) is 0 Å². The van der Waals surface area contributed by atoms with Crippen LogP contribution in [0.1, 0.15) is 15.9 Å². The first-order valence-electron chi connectivity index (χ1n) is 7.37. The quantitative estimate of drug-likeness (QED) is 0.863. The van der Waals surface area contributed by atoms with E-state index in [4.69, 9.17) is 5.73 Å². The number of nitrogens with two attached hydrogens (primary N) is 1. The number of para-hydroxylation sites is 1. The lowest BCUT2D eigenvalue weighted by molar-refractivity contribution is 0.0798. The molecule has 2 rings (SSSR count). The topological polar surface area (TPSA) is 49.6 Å². The van der Waals surface area contributed by atoms with E-state index in [-0.39, 0.29) is 5.91 Å². The van der Waals surface area contributed by atoms with E-state index in [1.165, 1.54) is 0 Å². The molecule has 2 aromatic rings. The molecule has 116 valence electrons. The summed E-state index contributed by atoms with van der Waals surface area (Å²) in [7, 11) is 3.85. The molecule has 0 atom stereocenters. The van der Waals surface area contributed by atoms with E-state index in [9.17, 15) is 4.79 Å². The highest BCUT2D eigenvalue weighted by atomic mass is 16.2. The zero-order valence-corrected chi connectivity index (χ0v) is 13.4. The average Bonchev–Trinajstić information content (AvgIpc) is 2.54. The highest BCUT2D eigenvalue weighted by molar-refractivity contribution is 5.96. The van der Waals surface area contributed by atoms with E-state index in [0.717, 1.165) is 17.8 Å². The minimum absolute atomic E-state index is 0.00580. The van der Waals surface area contributed by atoms with Gasteiger partial charge in [-0.2, -0.15) is 0 Å². The third-order valence-corrected chi connectivity index (χ3v) is 3.81. The van der Waals surface area contributed by atoms with E-state index in [1.807, 2.05) is 51.4 Å². The first-order valence-corrected chi connectivity index (χ1v) is 7.37. The number of nitrogen functional groups attached to an aromatic ring is 1. The molecule has 0 spiro atoms. The summed E-state index contributed by atoms with van der Waals surface area (Å²) in [6, 6.07) is 15.6. The molecule has 4 heteroatoms. The Labute approximate surface area is 132 Å². The number of rotatable bonds is 5. The van der Waals surface area contributed by atoms with Gasteiger partial charge in [-0.3, -0.25) is 4.79 Å². The third kappa shape index (κ3) is 3.79.